The number of rotatable bonds is 6. The number of carbonyl (C=O) groups is 1. The topological polar surface area (TPSA) is 92.7 Å². The van der Waals surface area contributed by atoms with Gasteiger partial charge >= 0.3 is 5.97 Å². The van der Waals surface area contributed by atoms with Crippen LogP contribution in [0.3, 0.4) is 0 Å². The molecule has 18 heavy (non-hydrogen) atoms. The standard InChI is InChI=1S/C11H15NO5S/c1-8(12-18(15,16)7-11(13)14)9-3-5-10(17-2)6-4-9/h3-6,8,12H,7H2,1-2H3,(H,13,14)/t8-/m0/s1. The summed E-state index contributed by atoms with van der Waals surface area (Å²) in [7, 11) is -2.29. The summed E-state index contributed by atoms with van der Waals surface area (Å²) in [4.78, 5) is 10.4. The fourth-order valence-electron chi connectivity index (χ4n) is 1.43. The van der Waals surface area contributed by atoms with Crippen molar-refractivity contribution >= 4 is 16.0 Å². The van der Waals surface area contributed by atoms with Crippen LogP contribution in [0.25, 0.3) is 0 Å². The average molecular weight is 273 g/mol. The fraction of sp³-hybridized carbons (Fsp3) is 0.364. The number of hydrogen-bond acceptors (Lipinski definition) is 4. The largest absolute Gasteiger partial charge is 0.497 e. The van der Waals surface area contributed by atoms with Gasteiger partial charge in [-0.15, -0.1) is 0 Å². The zero-order chi connectivity index (χ0) is 13.8. The van der Waals surface area contributed by atoms with Gasteiger partial charge in [0, 0.05) is 6.04 Å². The van der Waals surface area contributed by atoms with Crippen LogP contribution in [0.15, 0.2) is 24.3 Å². The van der Waals surface area contributed by atoms with Gasteiger partial charge in [-0.1, -0.05) is 12.1 Å². The molecule has 2 N–H and O–H groups in total. The minimum absolute atomic E-state index is 0.500. The Morgan fingerprint density at radius 2 is 1.94 bits per heavy atom. The third-order valence-corrected chi connectivity index (χ3v) is 3.63. The molecule has 1 aromatic carbocycles. The van der Waals surface area contributed by atoms with E-state index in [0.29, 0.717) is 5.75 Å². The minimum atomic E-state index is -3.82. The minimum Gasteiger partial charge on any atom is -0.497 e. The fourth-order valence-corrected chi connectivity index (χ4v) is 2.52. The first-order valence-corrected chi connectivity index (χ1v) is 6.85. The first-order chi connectivity index (χ1) is 8.34. The first kappa shape index (κ1) is 14.5. The molecule has 1 aromatic rings. The molecular weight excluding hydrogens is 258 g/mol. The van der Waals surface area contributed by atoms with Crippen molar-refractivity contribution in [1.29, 1.82) is 0 Å². The van der Waals surface area contributed by atoms with Crippen molar-refractivity contribution in [3.05, 3.63) is 29.8 Å². The maximum atomic E-state index is 11.4. The Balaban J connectivity index is 2.75. The molecule has 0 amide bonds. The van der Waals surface area contributed by atoms with Gasteiger partial charge in [0.15, 0.2) is 5.75 Å². The van der Waals surface area contributed by atoms with Crippen molar-refractivity contribution in [2.45, 2.75) is 13.0 Å². The number of benzene rings is 1. The number of nitrogens with one attached hydrogen (secondary N) is 1. The molecule has 0 unspecified atom stereocenters. The molecule has 0 spiro atoms. The molecule has 0 fully saturated rings. The van der Waals surface area contributed by atoms with Crippen LogP contribution in [0.1, 0.15) is 18.5 Å². The summed E-state index contributed by atoms with van der Waals surface area (Å²) < 4.78 is 30.1. The predicted molar refractivity (Wildman–Crippen MR) is 66.0 cm³/mol. The maximum absolute atomic E-state index is 11.4. The highest BCUT2D eigenvalue weighted by molar-refractivity contribution is 7.90. The van der Waals surface area contributed by atoms with Gasteiger partial charge in [0.2, 0.25) is 10.0 Å². The zero-order valence-electron chi connectivity index (χ0n) is 10.1. The molecule has 100 valence electrons. The summed E-state index contributed by atoms with van der Waals surface area (Å²) in [6, 6.07) is 6.34. The highest BCUT2D eigenvalue weighted by Gasteiger charge is 2.19. The summed E-state index contributed by atoms with van der Waals surface area (Å²) in [6.45, 7) is 1.64. The van der Waals surface area contributed by atoms with Crippen molar-refractivity contribution < 1.29 is 23.1 Å². The second-order valence-electron chi connectivity index (χ2n) is 3.77. The van der Waals surface area contributed by atoms with Crippen LogP contribution in [0.5, 0.6) is 5.75 Å². The number of ether oxygens (including phenoxy) is 1. The SMILES string of the molecule is COc1ccc([C@H](C)NS(=O)(=O)CC(=O)O)cc1. The highest BCUT2D eigenvalue weighted by atomic mass is 32.2. The Kier molecular flexibility index (Phi) is 4.69. The Bertz CT molecular complexity index is 509. The van der Waals surface area contributed by atoms with Gasteiger partial charge in [0.25, 0.3) is 0 Å². The van der Waals surface area contributed by atoms with Gasteiger partial charge in [0.05, 0.1) is 7.11 Å². The van der Waals surface area contributed by atoms with E-state index in [2.05, 4.69) is 4.72 Å². The smallest absolute Gasteiger partial charge is 0.320 e. The van der Waals surface area contributed by atoms with Crippen molar-refractivity contribution in [3.8, 4) is 5.75 Å². The molecule has 0 aliphatic rings. The summed E-state index contributed by atoms with van der Waals surface area (Å²) in [5, 5.41) is 8.47. The molecule has 0 heterocycles. The number of hydrogen-bond donors (Lipinski definition) is 2. The predicted octanol–water partition coefficient (Wildman–Crippen LogP) is 0.760. The Morgan fingerprint density at radius 1 is 1.39 bits per heavy atom. The number of methoxy groups -OCH3 is 1. The molecule has 0 aliphatic heterocycles. The lowest BCUT2D eigenvalue weighted by molar-refractivity contribution is -0.134. The second kappa shape index (κ2) is 5.83. The van der Waals surface area contributed by atoms with Crippen molar-refractivity contribution in [1.82, 2.24) is 4.72 Å². The van der Waals surface area contributed by atoms with E-state index in [4.69, 9.17) is 9.84 Å². The molecule has 0 saturated carbocycles. The lowest BCUT2D eigenvalue weighted by Gasteiger charge is -2.14. The number of carboxylic acid groups (broad SMARTS) is 1. The summed E-state index contributed by atoms with van der Waals surface area (Å²) in [5.74, 6) is -1.66. The van der Waals surface area contributed by atoms with Crippen LogP contribution < -0.4 is 9.46 Å². The van der Waals surface area contributed by atoms with Crippen LogP contribution in [0.2, 0.25) is 0 Å². The van der Waals surface area contributed by atoms with E-state index < -0.39 is 27.8 Å². The second-order valence-corrected chi connectivity index (χ2v) is 5.52. The van der Waals surface area contributed by atoms with Gasteiger partial charge in [-0.3, -0.25) is 4.79 Å². The van der Waals surface area contributed by atoms with E-state index in [1.807, 2.05) is 0 Å². The van der Waals surface area contributed by atoms with Gasteiger partial charge in [-0.2, -0.15) is 0 Å². The van der Waals surface area contributed by atoms with Crippen molar-refractivity contribution in [3.63, 3.8) is 0 Å². The van der Waals surface area contributed by atoms with Crippen molar-refractivity contribution in [2.75, 3.05) is 12.9 Å². The van der Waals surface area contributed by atoms with Crippen LogP contribution >= 0.6 is 0 Å². The summed E-state index contributed by atoms with van der Waals surface area (Å²) in [5.41, 5.74) is 0.727. The Hall–Kier alpha value is -1.60. The van der Waals surface area contributed by atoms with Gasteiger partial charge in [0.1, 0.15) is 5.75 Å². The number of carboxylic acids is 1. The van der Waals surface area contributed by atoms with E-state index in [-0.39, 0.29) is 0 Å². The van der Waals surface area contributed by atoms with Crippen LogP contribution in [-0.2, 0) is 14.8 Å². The van der Waals surface area contributed by atoms with E-state index in [9.17, 15) is 13.2 Å². The molecule has 0 aromatic heterocycles. The molecule has 1 rings (SSSR count). The number of sulfonamides is 1. The molecule has 6 nitrogen and oxygen atoms in total. The summed E-state index contributed by atoms with van der Waals surface area (Å²) in [6.07, 6.45) is 0. The molecule has 0 aliphatic carbocycles. The molecule has 7 heteroatoms. The number of aliphatic carboxylic acids is 1. The summed E-state index contributed by atoms with van der Waals surface area (Å²) >= 11 is 0. The molecular formula is C11H15NO5S. The first-order valence-electron chi connectivity index (χ1n) is 5.20. The maximum Gasteiger partial charge on any atom is 0.320 e. The van der Waals surface area contributed by atoms with Gasteiger partial charge in [-0.25, -0.2) is 13.1 Å². The lowest BCUT2D eigenvalue weighted by Crippen LogP contribution is -2.32. The van der Waals surface area contributed by atoms with Crippen LogP contribution in [0.4, 0.5) is 0 Å². The van der Waals surface area contributed by atoms with Crippen molar-refractivity contribution in [2.24, 2.45) is 0 Å². The monoisotopic (exact) mass is 273 g/mol. The van der Waals surface area contributed by atoms with E-state index in [1.165, 1.54) is 7.11 Å². The third-order valence-electron chi connectivity index (χ3n) is 2.29. The molecule has 0 radical (unpaired) electrons. The van der Waals surface area contributed by atoms with E-state index in [1.54, 1.807) is 31.2 Å². The normalized spacial score (nSPS) is 13.0. The zero-order valence-corrected chi connectivity index (χ0v) is 10.9. The molecule has 1 atom stereocenters. The van der Waals surface area contributed by atoms with E-state index in [0.717, 1.165) is 5.56 Å². The third kappa shape index (κ3) is 4.34. The average Bonchev–Trinajstić information content (AvgIpc) is 2.26. The quantitative estimate of drug-likeness (QED) is 0.798. The molecule has 0 saturated heterocycles. The van der Waals surface area contributed by atoms with Crippen LogP contribution in [0, 0.1) is 0 Å². The highest BCUT2D eigenvalue weighted by Crippen LogP contribution is 2.17. The molecule has 0 bridgehead atoms. The van der Waals surface area contributed by atoms with Gasteiger partial charge in [-0.05, 0) is 24.6 Å². The van der Waals surface area contributed by atoms with Crippen LogP contribution in [-0.4, -0.2) is 32.4 Å². The Labute approximate surface area is 106 Å². The Morgan fingerprint density at radius 3 is 2.39 bits per heavy atom. The van der Waals surface area contributed by atoms with Gasteiger partial charge < -0.3 is 9.84 Å². The lowest BCUT2D eigenvalue weighted by atomic mass is 10.1. The van der Waals surface area contributed by atoms with E-state index >= 15 is 0 Å².